The molecule has 3 N–H and O–H groups in total. The van der Waals surface area contributed by atoms with Gasteiger partial charge in [-0.25, -0.2) is 9.48 Å². The van der Waals surface area contributed by atoms with Crippen molar-refractivity contribution < 1.29 is 9.90 Å². The molecule has 0 unspecified atom stereocenters. The number of carboxylic acids is 1. The van der Waals surface area contributed by atoms with E-state index >= 15 is 0 Å². The lowest BCUT2D eigenvalue weighted by Gasteiger charge is -2.06. The number of anilines is 1. The molecule has 2 aromatic rings. The average molecular weight is 246 g/mol. The predicted octanol–water partition coefficient (Wildman–Crippen LogP) is 1.64. The van der Waals surface area contributed by atoms with Gasteiger partial charge in [-0.2, -0.15) is 0 Å². The standard InChI is InChI=1S/C12H14N4O2/c1-2-7-16-11(10(12(17)18)14-15-16)8-3-5-9(13)6-4-8/h3-6H,2,7,13H2,1H3,(H,17,18). The topological polar surface area (TPSA) is 94.0 Å². The number of nitrogen functional groups attached to an aromatic ring is 1. The fourth-order valence-electron chi connectivity index (χ4n) is 1.75. The molecule has 0 spiro atoms. The van der Waals surface area contributed by atoms with Crippen molar-refractivity contribution in [3.8, 4) is 11.3 Å². The van der Waals surface area contributed by atoms with Gasteiger partial charge in [-0.1, -0.05) is 24.3 Å². The Morgan fingerprint density at radius 3 is 2.61 bits per heavy atom. The van der Waals surface area contributed by atoms with Crippen molar-refractivity contribution in [2.24, 2.45) is 0 Å². The van der Waals surface area contributed by atoms with Gasteiger partial charge in [0, 0.05) is 17.8 Å². The Kier molecular flexibility index (Phi) is 3.27. The van der Waals surface area contributed by atoms with Crippen molar-refractivity contribution in [1.82, 2.24) is 15.0 Å². The second-order valence-corrected chi connectivity index (χ2v) is 3.94. The monoisotopic (exact) mass is 246 g/mol. The van der Waals surface area contributed by atoms with Crippen molar-refractivity contribution in [2.45, 2.75) is 19.9 Å². The molecule has 0 atom stereocenters. The van der Waals surface area contributed by atoms with Crippen LogP contribution < -0.4 is 5.73 Å². The number of hydrogen-bond acceptors (Lipinski definition) is 4. The quantitative estimate of drug-likeness (QED) is 0.800. The van der Waals surface area contributed by atoms with E-state index in [2.05, 4.69) is 10.3 Å². The third-order valence-electron chi connectivity index (χ3n) is 2.56. The summed E-state index contributed by atoms with van der Waals surface area (Å²) >= 11 is 0. The van der Waals surface area contributed by atoms with Crippen molar-refractivity contribution in [2.75, 3.05) is 5.73 Å². The van der Waals surface area contributed by atoms with Gasteiger partial charge in [-0.05, 0) is 18.6 Å². The van der Waals surface area contributed by atoms with E-state index in [4.69, 9.17) is 10.8 Å². The number of carbonyl (C=O) groups is 1. The Labute approximate surface area is 104 Å². The van der Waals surface area contributed by atoms with E-state index in [0.29, 0.717) is 17.9 Å². The maximum Gasteiger partial charge on any atom is 0.358 e. The first-order valence-electron chi connectivity index (χ1n) is 5.66. The molecule has 6 nitrogen and oxygen atoms in total. The van der Waals surface area contributed by atoms with Crippen LogP contribution in [0.15, 0.2) is 24.3 Å². The van der Waals surface area contributed by atoms with Gasteiger partial charge in [-0.3, -0.25) is 0 Å². The van der Waals surface area contributed by atoms with Gasteiger partial charge in [-0.15, -0.1) is 5.10 Å². The van der Waals surface area contributed by atoms with E-state index in [-0.39, 0.29) is 5.69 Å². The van der Waals surface area contributed by atoms with Gasteiger partial charge in [0.1, 0.15) is 5.69 Å². The molecule has 18 heavy (non-hydrogen) atoms. The zero-order chi connectivity index (χ0) is 13.1. The molecule has 0 fully saturated rings. The lowest BCUT2D eigenvalue weighted by Crippen LogP contribution is -2.04. The third-order valence-corrected chi connectivity index (χ3v) is 2.56. The zero-order valence-corrected chi connectivity index (χ0v) is 10.00. The van der Waals surface area contributed by atoms with E-state index in [1.807, 2.05) is 6.92 Å². The fourth-order valence-corrected chi connectivity index (χ4v) is 1.75. The van der Waals surface area contributed by atoms with Crippen LogP contribution in [0.25, 0.3) is 11.3 Å². The number of nitrogens with zero attached hydrogens (tertiary/aromatic N) is 3. The molecule has 0 bridgehead atoms. The Morgan fingerprint density at radius 1 is 1.39 bits per heavy atom. The number of rotatable bonds is 4. The zero-order valence-electron chi connectivity index (χ0n) is 10.00. The smallest absolute Gasteiger partial charge is 0.358 e. The number of nitrogens with two attached hydrogens (primary N) is 1. The summed E-state index contributed by atoms with van der Waals surface area (Å²) in [7, 11) is 0. The molecule has 0 saturated carbocycles. The molecule has 1 aromatic carbocycles. The van der Waals surface area contributed by atoms with E-state index < -0.39 is 5.97 Å². The van der Waals surface area contributed by atoms with Gasteiger partial charge >= 0.3 is 5.97 Å². The van der Waals surface area contributed by atoms with Crippen LogP contribution in [0.2, 0.25) is 0 Å². The summed E-state index contributed by atoms with van der Waals surface area (Å²) in [6.07, 6.45) is 0.852. The second-order valence-electron chi connectivity index (χ2n) is 3.94. The van der Waals surface area contributed by atoms with Crippen LogP contribution in [-0.2, 0) is 6.54 Å². The lowest BCUT2D eigenvalue weighted by molar-refractivity contribution is 0.0691. The molecule has 0 aliphatic heterocycles. The highest BCUT2D eigenvalue weighted by Gasteiger charge is 2.19. The molecule has 0 amide bonds. The van der Waals surface area contributed by atoms with Crippen LogP contribution in [0.3, 0.4) is 0 Å². The molecule has 0 saturated heterocycles. The maximum absolute atomic E-state index is 11.1. The van der Waals surface area contributed by atoms with E-state index in [9.17, 15) is 4.79 Å². The Bertz CT molecular complexity index is 560. The average Bonchev–Trinajstić information content (AvgIpc) is 2.75. The predicted molar refractivity (Wildman–Crippen MR) is 67.1 cm³/mol. The molecule has 6 heteroatoms. The van der Waals surface area contributed by atoms with Gasteiger partial charge in [0.05, 0.1) is 0 Å². The van der Waals surface area contributed by atoms with Gasteiger partial charge < -0.3 is 10.8 Å². The highest BCUT2D eigenvalue weighted by molar-refractivity contribution is 5.92. The van der Waals surface area contributed by atoms with E-state index in [1.165, 1.54) is 0 Å². The number of carboxylic acid groups (broad SMARTS) is 1. The number of aromatic carboxylic acids is 1. The van der Waals surface area contributed by atoms with Crippen LogP contribution >= 0.6 is 0 Å². The van der Waals surface area contributed by atoms with Crippen LogP contribution in [0.1, 0.15) is 23.8 Å². The molecule has 1 aromatic heterocycles. The Balaban J connectivity index is 2.55. The summed E-state index contributed by atoms with van der Waals surface area (Å²) in [4.78, 5) is 11.1. The van der Waals surface area contributed by atoms with Crippen molar-refractivity contribution in [3.05, 3.63) is 30.0 Å². The van der Waals surface area contributed by atoms with Gasteiger partial charge in [0.15, 0.2) is 5.69 Å². The van der Waals surface area contributed by atoms with Crippen molar-refractivity contribution in [1.29, 1.82) is 0 Å². The molecule has 0 radical (unpaired) electrons. The summed E-state index contributed by atoms with van der Waals surface area (Å²) in [6, 6.07) is 6.99. The maximum atomic E-state index is 11.1. The van der Waals surface area contributed by atoms with Crippen LogP contribution in [0, 0.1) is 0 Å². The normalized spacial score (nSPS) is 10.5. The summed E-state index contributed by atoms with van der Waals surface area (Å²) in [5, 5.41) is 16.7. The van der Waals surface area contributed by atoms with Gasteiger partial charge in [0.25, 0.3) is 0 Å². The van der Waals surface area contributed by atoms with E-state index in [1.54, 1.807) is 28.9 Å². The molecule has 0 aliphatic rings. The number of benzene rings is 1. The minimum atomic E-state index is -1.08. The minimum absolute atomic E-state index is 0.0341. The number of aryl methyl sites for hydroxylation is 1. The summed E-state index contributed by atoms with van der Waals surface area (Å²) < 4.78 is 1.61. The summed E-state index contributed by atoms with van der Waals surface area (Å²) in [5.41, 5.74) is 7.48. The molecule has 2 rings (SSSR count). The van der Waals surface area contributed by atoms with Crippen molar-refractivity contribution >= 4 is 11.7 Å². The largest absolute Gasteiger partial charge is 0.476 e. The van der Waals surface area contributed by atoms with Crippen LogP contribution in [0.5, 0.6) is 0 Å². The molecular weight excluding hydrogens is 232 g/mol. The molecule has 1 heterocycles. The van der Waals surface area contributed by atoms with Crippen molar-refractivity contribution in [3.63, 3.8) is 0 Å². The highest BCUT2D eigenvalue weighted by Crippen LogP contribution is 2.23. The third kappa shape index (κ3) is 2.17. The van der Waals surface area contributed by atoms with E-state index in [0.717, 1.165) is 12.0 Å². The lowest BCUT2D eigenvalue weighted by atomic mass is 10.1. The molecule has 0 aliphatic carbocycles. The first-order chi connectivity index (χ1) is 8.63. The number of hydrogen-bond donors (Lipinski definition) is 2. The molecular formula is C12H14N4O2. The first-order valence-corrected chi connectivity index (χ1v) is 5.66. The van der Waals surface area contributed by atoms with Crippen LogP contribution in [-0.4, -0.2) is 26.1 Å². The number of aromatic nitrogens is 3. The first kappa shape index (κ1) is 12.1. The molecule has 94 valence electrons. The minimum Gasteiger partial charge on any atom is -0.476 e. The highest BCUT2D eigenvalue weighted by atomic mass is 16.4. The SMILES string of the molecule is CCCn1nnc(C(=O)O)c1-c1ccc(N)cc1. The van der Waals surface area contributed by atoms with Crippen LogP contribution in [0.4, 0.5) is 5.69 Å². The summed E-state index contributed by atoms with van der Waals surface area (Å²) in [6.45, 7) is 2.62. The summed E-state index contributed by atoms with van der Waals surface area (Å²) in [5.74, 6) is -1.08. The Morgan fingerprint density at radius 2 is 2.06 bits per heavy atom. The Hall–Kier alpha value is -2.37. The fraction of sp³-hybridized carbons (Fsp3) is 0.250. The van der Waals surface area contributed by atoms with Gasteiger partial charge in [0.2, 0.25) is 0 Å². The second kappa shape index (κ2) is 4.87.